The van der Waals surface area contributed by atoms with Gasteiger partial charge in [0, 0.05) is 19.7 Å². The summed E-state index contributed by atoms with van der Waals surface area (Å²) in [4.78, 5) is 12.9. The van der Waals surface area contributed by atoms with Gasteiger partial charge in [0.1, 0.15) is 0 Å². The van der Waals surface area contributed by atoms with Gasteiger partial charge in [-0.25, -0.2) is 0 Å². The van der Waals surface area contributed by atoms with Crippen LogP contribution in [0.3, 0.4) is 0 Å². The molecule has 4 nitrogen and oxygen atoms in total. The monoisotopic (exact) mass is 187 g/mol. The van der Waals surface area contributed by atoms with Gasteiger partial charge < -0.3 is 15.1 Å². The molecule has 0 bridgehead atoms. The minimum absolute atomic E-state index is 0.0523. The largest absolute Gasteiger partial charge is 0.396 e. The SMILES string of the molecule is O=C1CC(O)CN1CCCCCO. The Bertz CT molecular complexity index is 172. The fraction of sp³-hybridized carbons (Fsp3) is 0.889. The molecule has 0 saturated carbocycles. The van der Waals surface area contributed by atoms with Gasteiger partial charge in [-0.3, -0.25) is 4.79 Å². The van der Waals surface area contributed by atoms with E-state index in [1.54, 1.807) is 4.90 Å². The molecule has 4 heteroatoms. The number of aliphatic hydroxyl groups is 2. The normalized spacial score (nSPS) is 22.8. The molecule has 1 unspecified atom stereocenters. The molecule has 0 aromatic carbocycles. The summed E-state index contributed by atoms with van der Waals surface area (Å²) in [6.45, 7) is 1.42. The molecule has 2 N–H and O–H groups in total. The minimum Gasteiger partial charge on any atom is -0.396 e. The molecule has 1 amide bonds. The quantitative estimate of drug-likeness (QED) is 0.583. The zero-order chi connectivity index (χ0) is 9.68. The molecule has 1 heterocycles. The van der Waals surface area contributed by atoms with Gasteiger partial charge in [0.2, 0.25) is 5.91 Å². The number of hydrogen-bond acceptors (Lipinski definition) is 3. The van der Waals surface area contributed by atoms with Crippen LogP contribution in [0.4, 0.5) is 0 Å². The van der Waals surface area contributed by atoms with Gasteiger partial charge in [-0.1, -0.05) is 0 Å². The van der Waals surface area contributed by atoms with Crippen molar-refractivity contribution >= 4 is 5.91 Å². The number of rotatable bonds is 5. The van der Waals surface area contributed by atoms with Crippen LogP contribution in [0.1, 0.15) is 25.7 Å². The Morgan fingerprint density at radius 3 is 2.69 bits per heavy atom. The van der Waals surface area contributed by atoms with Crippen molar-refractivity contribution in [3.8, 4) is 0 Å². The first-order valence-electron chi connectivity index (χ1n) is 4.80. The maximum Gasteiger partial charge on any atom is 0.225 e. The topological polar surface area (TPSA) is 60.8 Å². The lowest BCUT2D eigenvalue weighted by atomic mass is 10.2. The van der Waals surface area contributed by atoms with Crippen LogP contribution in [0.2, 0.25) is 0 Å². The fourth-order valence-electron chi connectivity index (χ4n) is 1.56. The van der Waals surface area contributed by atoms with Crippen LogP contribution in [-0.4, -0.2) is 46.8 Å². The molecule has 1 atom stereocenters. The van der Waals surface area contributed by atoms with E-state index >= 15 is 0 Å². The van der Waals surface area contributed by atoms with Gasteiger partial charge in [-0.2, -0.15) is 0 Å². The number of amides is 1. The van der Waals surface area contributed by atoms with E-state index in [1.807, 2.05) is 0 Å². The Kier molecular flexibility index (Phi) is 4.18. The third-order valence-electron chi connectivity index (χ3n) is 2.28. The van der Waals surface area contributed by atoms with Crippen molar-refractivity contribution in [2.24, 2.45) is 0 Å². The van der Waals surface area contributed by atoms with Gasteiger partial charge in [-0.05, 0) is 19.3 Å². The predicted octanol–water partition coefficient (Wildman–Crippen LogP) is -0.258. The highest BCUT2D eigenvalue weighted by Gasteiger charge is 2.26. The average molecular weight is 187 g/mol. The molecule has 0 aromatic rings. The Balaban J connectivity index is 2.11. The number of β-amino-alcohol motifs (C(OH)–C–C–N with tert-alkyl or cyclic N) is 1. The molecule has 1 aliphatic heterocycles. The Morgan fingerprint density at radius 2 is 2.15 bits per heavy atom. The third kappa shape index (κ3) is 3.32. The molecule has 1 saturated heterocycles. The summed E-state index contributed by atoms with van der Waals surface area (Å²) < 4.78 is 0. The first kappa shape index (κ1) is 10.5. The Morgan fingerprint density at radius 1 is 1.38 bits per heavy atom. The number of aliphatic hydroxyl groups excluding tert-OH is 2. The first-order valence-corrected chi connectivity index (χ1v) is 4.80. The minimum atomic E-state index is -0.467. The van der Waals surface area contributed by atoms with E-state index in [1.165, 1.54) is 0 Å². The zero-order valence-corrected chi connectivity index (χ0v) is 7.78. The molecule has 0 spiro atoms. The van der Waals surface area contributed by atoms with Crippen molar-refractivity contribution < 1.29 is 15.0 Å². The van der Waals surface area contributed by atoms with Crippen molar-refractivity contribution in [1.82, 2.24) is 4.90 Å². The van der Waals surface area contributed by atoms with Crippen LogP contribution in [0, 0.1) is 0 Å². The van der Waals surface area contributed by atoms with E-state index in [-0.39, 0.29) is 18.9 Å². The van der Waals surface area contributed by atoms with Gasteiger partial charge in [0.05, 0.1) is 12.5 Å². The van der Waals surface area contributed by atoms with Crippen LogP contribution in [0.5, 0.6) is 0 Å². The van der Waals surface area contributed by atoms with Crippen LogP contribution < -0.4 is 0 Å². The highest BCUT2D eigenvalue weighted by molar-refractivity contribution is 5.78. The Labute approximate surface area is 78.2 Å². The average Bonchev–Trinajstić information content (AvgIpc) is 2.39. The highest BCUT2D eigenvalue weighted by Crippen LogP contribution is 2.11. The lowest BCUT2D eigenvalue weighted by Gasteiger charge is -2.14. The molecular formula is C9H17NO3. The highest BCUT2D eigenvalue weighted by atomic mass is 16.3. The molecule has 1 fully saturated rings. The number of carbonyl (C=O) groups excluding carboxylic acids is 1. The van der Waals surface area contributed by atoms with E-state index < -0.39 is 6.10 Å². The van der Waals surface area contributed by atoms with Gasteiger partial charge in [-0.15, -0.1) is 0 Å². The van der Waals surface area contributed by atoms with E-state index in [0.29, 0.717) is 6.54 Å². The fourth-order valence-corrected chi connectivity index (χ4v) is 1.56. The van der Waals surface area contributed by atoms with E-state index in [9.17, 15) is 9.90 Å². The summed E-state index contributed by atoms with van der Waals surface area (Å²) in [5.74, 6) is 0.0523. The molecule has 0 aliphatic carbocycles. The molecule has 76 valence electrons. The second kappa shape index (κ2) is 5.19. The van der Waals surface area contributed by atoms with Crippen molar-refractivity contribution in [2.45, 2.75) is 31.8 Å². The Hall–Kier alpha value is -0.610. The molecule has 0 radical (unpaired) electrons. The number of nitrogens with zero attached hydrogens (tertiary/aromatic N) is 1. The smallest absolute Gasteiger partial charge is 0.225 e. The maximum atomic E-state index is 11.2. The van der Waals surface area contributed by atoms with Crippen LogP contribution in [-0.2, 0) is 4.79 Å². The molecule has 0 aromatic heterocycles. The van der Waals surface area contributed by atoms with Gasteiger partial charge in [0.25, 0.3) is 0 Å². The predicted molar refractivity (Wildman–Crippen MR) is 48.1 cm³/mol. The molecule has 1 rings (SSSR count). The number of carbonyl (C=O) groups is 1. The molecule has 13 heavy (non-hydrogen) atoms. The maximum absolute atomic E-state index is 11.2. The van der Waals surface area contributed by atoms with Crippen molar-refractivity contribution in [3.05, 3.63) is 0 Å². The van der Waals surface area contributed by atoms with Gasteiger partial charge in [0.15, 0.2) is 0 Å². The lowest BCUT2D eigenvalue weighted by Crippen LogP contribution is -2.26. The second-order valence-corrected chi connectivity index (χ2v) is 3.48. The van der Waals surface area contributed by atoms with E-state index in [0.717, 1.165) is 25.8 Å². The third-order valence-corrected chi connectivity index (χ3v) is 2.28. The number of likely N-dealkylation sites (tertiary alicyclic amines) is 1. The summed E-state index contributed by atoms with van der Waals surface area (Å²) in [6, 6.07) is 0. The first-order chi connectivity index (χ1) is 6.24. The van der Waals surface area contributed by atoms with Gasteiger partial charge >= 0.3 is 0 Å². The van der Waals surface area contributed by atoms with E-state index in [4.69, 9.17) is 5.11 Å². The standard InChI is InChI=1S/C9H17NO3/c11-5-3-1-2-4-10-7-8(12)6-9(10)13/h8,11-12H,1-7H2. The summed E-state index contributed by atoms with van der Waals surface area (Å²) in [5.41, 5.74) is 0. The van der Waals surface area contributed by atoms with Crippen molar-refractivity contribution in [3.63, 3.8) is 0 Å². The number of unbranched alkanes of at least 4 members (excludes halogenated alkanes) is 2. The van der Waals surface area contributed by atoms with Crippen LogP contribution in [0.25, 0.3) is 0 Å². The molecule has 1 aliphatic rings. The van der Waals surface area contributed by atoms with E-state index in [2.05, 4.69) is 0 Å². The summed E-state index contributed by atoms with van der Waals surface area (Å²) in [5, 5.41) is 17.7. The lowest BCUT2D eigenvalue weighted by molar-refractivity contribution is -0.127. The summed E-state index contributed by atoms with van der Waals surface area (Å²) >= 11 is 0. The van der Waals surface area contributed by atoms with Crippen LogP contribution in [0.15, 0.2) is 0 Å². The summed E-state index contributed by atoms with van der Waals surface area (Å²) in [7, 11) is 0. The van der Waals surface area contributed by atoms with Crippen LogP contribution >= 0.6 is 0 Å². The number of hydrogen-bond donors (Lipinski definition) is 2. The molecular weight excluding hydrogens is 170 g/mol. The van der Waals surface area contributed by atoms with Crippen molar-refractivity contribution in [1.29, 1.82) is 0 Å². The summed E-state index contributed by atoms with van der Waals surface area (Å²) in [6.07, 6.45) is 2.46. The second-order valence-electron chi connectivity index (χ2n) is 3.48. The zero-order valence-electron chi connectivity index (χ0n) is 7.78. The van der Waals surface area contributed by atoms with Crippen molar-refractivity contribution in [2.75, 3.05) is 19.7 Å².